The standard InChI is InChI=1S/C12H18BrN3/c1-15-5-2-6-16(8-7-15)12-9-10(13)3-4-11(12)14/h3-4,9H,2,5-8,14H2,1H3. The highest BCUT2D eigenvalue weighted by atomic mass is 79.9. The second-order valence-corrected chi connectivity index (χ2v) is 5.26. The quantitative estimate of drug-likeness (QED) is 0.802. The Morgan fingerprint density at radius 3 is 2.81 bits per heavy atom. The monoisotopic (exact) mass is 283 g/mol. The Morgan fingerprint density at radius 2 is 2.00 bits per heavy atom. The van der Waals surface area contributed by atoms with E-state index in [1.54, 1.807) is 0 Å². The van der Waals surface area contributed by atoms with Crippen molar-refractivity contribution < 1.29 is 0 Å². The fraction of sp³-hybridized carbons (Fsp3) is 0.500. The Hall–Kier alpha value is -0.740. The number of nitrogens with zero attached hydrogens (tertiary/aromatic N) is 2. The molecule has 4 heteroatoms. The summed E-state index contributed by atoms with van der Waals surface area (Å²) in [6.07, 6.45) is 1.20. The van der Waals surface area contributed by atoms with Crippen LogP contribution in [-0.4, -0.2) is 38.1 Å². The summed E-state index contributed by atoms with van der Waals surface area (Å²) in [6.45, 7) is 4.42. The van der Waals surface area contributed by atoms with Crippen molar-refractivity contribution in [1.82, 2.24) is 4.90 Å². The Morgan fingerprint density at radius 1 is 1.19 bits per heavy atom. The molecule has 0 unspecified atom stereocenters. The van der Waals surface area contributed by atoms with Crippen LogP contribution in [0, 0.1) is 0 Å². The third kappa shape index (κ3) is 2.68. The van der Waals surface area contributed by atoms with E-state index in [-0.39, 0.29) is 0 Å². The SMILES string of the molecule is CN1CCCN(c2cc(Br)ccc2N)CC1. The minimum atomic E-state index is 0.868. The number of hydrogen-bond donors (Lipinski definition) is 1. The molecule has 88 valence electrons. The zero-order valence-corrected chi connectivity index (χ0v) is 11.2. The van der Waals surface area contributed by atoms with Crippen LogP contribution < -0.4 is 10.6 Å². The van der Waals surface area contributed by atoms with E-state index >= 15 is 0 Å². The Balaban J connectivity index is 2.19. The van der Waals surface area contributed by atoms with Crippen molar-refractivity contribution in [2.45, 2.75) is 6.42 Å². The van der Waals surface area contributed by atoms with E-state index in [4.69, 9.17) is 5.73 Å². The molecule has 0 spiro atoms. The van der Waals surface area contributed by atoms with Gasteiger partial charge in [-0.1, -0.05) is 15.9 Å². The first kappa shape index (κ1) is 11.7. The number of rotatable bonds is 1. The molecule has 0 amide bonds. The molecule has 1 heterocycles. The smallest absolute Gasteiger partial charge is 0.0611 e. The normalized spacial score (nSPS) is 18.5. The summed E-state index contributed by atoms with van der Waals surface area (Å²) in [7, 11) is 2.17. The van der Waals surface area contributed by atoms with Gasteiger partial charge in [0.25, 0.3) is 0 Å². The minimum absolute atomic E-state index is 0.868. The highest BCUT2D eigenvalue weighted by molar-refractivity contribution is 9.10. The average Bonchev–Trinajstić information content (AvgIpc) is 2.47. The van der Waals surface area contributed by atoms with E-state index in [2.05, 4.69) is 38.8 Å². The lowest BCUT2D eigenvalue weighted by Crippen LogP contribution is -2.29. The van der Waals surface area contributed by atoms with E-state index in [0.717, 1.165) is 35.5 Å². The van der Waals surface area contributed by atoms with Crippen LogP contribution in [0.5, 0.6) is 0 Å². The van der Waals surface area contributed by atoms with Gasteiger partial charge >= 0.3 is 0 Å². The molecule has 0 saturated carbocycles. The summed E-state index contributed by atoms with van der Waals surface area (Å²) < 4.78 is 1.09. The summed E-state index contributed by atoms with van der Waals surface area (Å²) in [5, 5.41) is 0. The molecule has 0 bridgehead atoms. The third-order valence-electron chi connectivity index (χ3n) is 3.05. The van der Waals surface area contributed by atoms with Crippen molar-refractivity contribution in [3.8, 4) is 0 Å². The molecule has 0 radical (unpaired) electrons. The molecular formula is C12H18BrN3. The highest BCUT2D eigenvalue weighted by Gasteiger charge is 2.14. The maximum absolute atomic E-state index is 6.03. The number of hydrogen-bond acceptors (Lipinski definition) is 3. The van der Waals surface area contributed by atoms with Gasteiger partial charge in [-0.2, -0.15) is 0 Å². The Bertz CT molecular complexity index is 367. The highest BCUT2D eigenvalue weighted by Crippen LogP contribution is 2.27. The lowest BCUT2D eigenvalue weighted by Gasteiger charge is -2.24. The molecule has 1 saturated heterocycles. The molecule has 1 aromatic rings. The number of nitrogen functional groups attached to an aromatic ring is 1. The van der Waals surface area contributed by atoms with Gasteiger partial charge in [0.1, 0.15) is 0 Å². The zero-order valence-electron chi connectivity index (χ0n) is 9.62. The fourth-order valence-electron chi connectivity index (χ4n) is 2.08. The van der Waals surface area contributed by atoms with Crippen molar-refractivity contribution >= 4 is 27.3 Å². The molecule has 3 nitrogen and oxygen atoms in total. The average molecular weight is 284 g/mol. The largest absolute Gasteiger partial charge is 0.397 e. The maximum atomic E-state index is 6.03. The molecule has 0 atom stereocenters. The van der Waals surface area contributed by atoms with Gasteiger partial charge < -0.3 is 15.5 Å². The van der Waals surface area contributed by atoms with Crippen LogP contribution in [0.25, 0.3) is 0 Å². The Kier molecular flexibility index (Phi) is 3.71. The van der Waals surface area contributed by atoms with Gasteiger partial charge in [0.15, 0.2) is 0 Å². The van der Waals surface area contributed by atoms with Crippen LogP contribution in [-0.2, 0) is 0 Å². The lowest BCUT2D eigenvalue weighted by molar-refractivity contribution is 0.360. The van der Waals surface area contributed by atoms with Gasteiger partial charge in [0.2, 0.25) is 0 Å². The van der Waals surface area contributed by atoms with E-state index < -0.39 is 0 Å². The molecular weight excluding hydrogens is 266 g/mol. The molecule has 1 aliphatic rings. The van der Waals surface area contributed by atoms with Crippen molar-refractivity contribution in [1.29, 1.82) is 0 Å². The number of halogens is 1. The molecule has 1 aromatic carbocycles. The number of likely N-dealkylation sites (N-methyl/N-ethyl adjacent to an activating group) is 1. The molecule has 0 aliphatic carbocycles. The van der Waals surface area contributed by atoms with Crippen molar-refractivity contribution in [3.63, 3.8) is 0 Å². The summed E-state index contributed by atoms with van der Waals surface area (Å²) in [5.41, 5.74) is 8.06. The van der Waals surface area contributed by atoms with Crippen molar-refractivity contribution in [2.24, 2.45) is 0 Å². The van der Waals surface area contributed by atoms with E-state index in [1.165, 1.54) is 13.0 Å². The van der Waals surface area contributed by atoms with Gasteiger partial charge in [-0.3, -0.25) is 0 Å². The fourth-order valence-corrected chi connectivity index (χ4v) is 2.43. The topological polar surface area (TPSA) is 32.5 Å². The van der Waals surface area contributed by atoms with Crippen molar-refractivity contribution in [3.05, 3.63) is 22.7 Å². The van der Waals surface area contributed by atoms with Crippen LogP contribution in [0.3, 0.4) is 0 Å². The molecule has 1 aliphatic heterocycles. The molecule has 0 aromatic heterocycles. The summed E-state index contributed by atoms with van der Waals surface area (Å²) in [6, 6.07) is 6.07. The minimum Gasteiger partial charge on any atom is -0.397 e. The molecule has 2 rings (SSSR count). The van der Waals surface area contributed by atoms with E-state index in [9.17, 15) is 0 Å². The van der Waals surface area contributed by atoms with Crippen molar-refractivity contribution in [2.75, 3.05) is 43.9 Å². The maximum Gasteiger partial charge on any atom is 0.0611 e. The van der Waals surface area contributed by atoms with Gasteiger partial charge in [0, 0.05) is 24.1 Å². The Labute approximate surface area is 105 Å². The van der Waals surface area contributed by atoms with Crippen LogP contribution in [0.1, 0.15) is 6.42 Å². The summed E-state index contributed by atoms with van der Waals surface area (Å²) in [5.74, 6) is 0. The predicted octanol–water partition coefficient (Wildman–Crippen LogP) is 2.17. The summed E-state index contributed by atoms with van der Waals surface area (Å²) >= 11 is 3.50. The zero-order chi connectivity index (χ0) is 11.5. The number of benzene rings is 1. The molecule has 1 fully saturated rings. The third-order valence-corrected chi connectivity index (χ3v) is 3.55. The van der Waals surface area contributed by atoms with Gasteiger partial charge in [-0.15, -0.1) is 0 Å². The first-order chi connectivity index (χ1) is 7.66. The molecule has 2 N–H and O–H groups in total. The van der Waals surface area contributed by atoms with Gasteiger partial charge in [0.05, 0.1) is 11.4 Å². The number of anilines is 2. The van der Waals surface area contributed by atoms with E-state index in [0.29, 0.717) is 0 Å². The van der Waals surface area contributed by atoms with E-state index in [1.807, 2.05) is 12.1 Å². The number of nitrogens with two attached hydrogens (primary N) is 1. The van der Waals surface area contributed by atoms with Crippen LogP contribution in [0.15, 0.2) is 22.7 Å². The predicted molar refractivity (Wildman–Crippen MR) is 72.9 cm³/mol. The molecule has 16 heavy (non-hydrogen) atoms. The first-order valence-electron chi connectivity index (χ1n) is 5.65. The van der Waals surface area contributed by atoms with Gasteiger partial charge in [-0.25, -0.2) is 0 Å². The lowest BCUT2D eigenvalue weighted by atomic mass is 10.2. The van der Waals surface area contributed by atoms with Crippen LogP contribution >= 0.6 is 15.9 Å². The second kappa shape index (κ2) is 5.06. The second-order valence-electron chi connectivity index (χ2n) is 4.35. The van der Waals surface area contributed by atoms with Gasteiger partial charge in [-0.05, 0) is 38.2 Å². The summed E-state index contributed by atoms with van der Waals surface area (Å²) in [4.78, 5) is 4.75. The first-order valence-corrected chi connectivity index (χ1v) is 6.44. The van der Waals surface area contributed by atoms with Crippen LogP contribution in [0.4, 0.5) is 11.4 Å². The van der Waals surface area contributed by atoms with Crippen LogP contribution in [0.2, 0.25) is 0 Å².